The van der Waals surface area contributed by atoms with E-state index >= 15 is 0 Å². The molecule has 3 aromatic heterocycles. The Balaban J connectivity index is 1.83. The minimum absolute atomic E-state index is 0.325. The first kappa shape index (κ1) is 17.6. The van der Waals surface area contributed by atoms with Gasteiger partial charge in [0, 0.05) is 35.1 Å². The third-order valence-corrected chi connectivity index (χ3v) is 4.90. The predicted octanol–water partition coefficient (Wildman–Crippen LogP) is 2.62. The van der Waals surface area contributed by atoms with Crippen molar-refractivity contribution in [3.05, 3.63) is 69.7 Å². The molecule has 0 fully saturated rings. The number of rotatable bonds is 5. The van der Waals surface area contributed by atoms with E-state index in [1.54, 1.807) is 18.5 Å². The summed E-state index contributed by atoms with van der Waals surface area (Å²) in [6, 6.07) is 8.21. The third kappa shape index (κ3) is 3.86. The lowest BCUT2D eigenvalue weighted by molar-refractivity contribution is -0.137. The minimum atomic E-state index is -1.13. The zero-order chi connectivity index (χ0) is 18.7. The van der Waals surface area contributed by atoms with Crippen molar-refractivity contribution in [1.29, 1.82) is 0 Å². The van der Waals surface area contributed by atoms with Crippen molar-refractivity contribution >= 4 is 28.9 Å². The van der Waals surface area contributed by atoms with E-state index in [9.17, 15) is 14.4 Å². The van der Waals surface area contributed by atoms with Gasteiger partial charge >= 0.3 is 5.97 Å². The largest absolute Gasteiger partial charge is 0.480 e. The SMILES string of the molecule is Cc1cc(C(=O)Nc2ccc(=O)n(CC(=O)O)c2)sc1-c1cccnc1. The van der Waals surface area contributed by atoms with E-state index in [1.807, 2.05) is 19.1 Å². The number of aryl methyl sites for hydroxylation is 1. The van der Waals surface area contributed by atoms with Crippen LogP contribution in [0.5, 0.6) is 0 Å². The molecule has 2 N–H and O–H groups in total. The van der Waals surface area contributed by atoms with Crippen LogP contribution in [0.25, 0.3) is 10.4 Å². The number of carbonyl (C=O) groups excluding carboxylic acids is 1. The molecule has 0 atom stereocenters. The minimum Gasteiger partial charge on any atom is -0.480 e. The maximum Gasteiger partial charge on any atom is 0.323 e. The van der Waals surface area contributed by atoms with Gasteiger partial charge in [-0.15, -0.1) is 11.3 Å². The molecule has 26 heavy (non-hydrogen) atoms. The summed E-state index contributed by atoms with van der Waals surface area (Å²) < 4.78 is 1.03. The fourth-order valence-corrected chi connectivity index (χ4v) is 3.50. The van der Waals surface area contributed by atoms with Crippen LogP contribution in [0, 0.1) is 6.92 Å². The van der Waals surface area contributed by atoms with E-state index in [0.717, 1.165) is 20.6 Å². The Morgan fingerprint density at radius 3 is 2.81 bits per heavy atom. The van der Waals surface area contributed by atoms with Crippen LogP contribution in [0.4, 0.5) is 5.69 Å². The Labute approximate surface area is 152 Å². The summed E-state index contributed by atoms with van der Waals surface area (Å²) in [5.74, 6) is -1.46. The first-order valence-electron chi connectivity index (χ1n) is 7.68. The molecule has 1 amide bonds. The number of carboxylic acid groups (broad SMARTS) is 1. The molecule has 0 aliphatic heterocycles. The fraction of sp³-hybridized carbons (Fsp3) is 0.111. The summed E-state index contributed by atoms with van der Waals surface area (Å²) >= 11 is 1.34. The molecule has 3 aromatic rings. The second kappa shape index (κ2) is 7.32. The highest BCUT2D eigenvalue weighted by Crippen LogP contribution is 2.32. The van der Waals surface area contributed by atoms with Crippen molar-refractivity contribution in [2.24, 2.45) is 0 Å². The fourth-order valence-electron chi connectivity index (χ4n) is 2.44. The summed E-state index contributed by atoms with van der Waals surface area (Å²) in [5, 5.41) is 11.5. The maximum absolute atomic E-state index is 12.5. The lowest BCUT2D eigenvalue weighted by atomic mass is 10.1. The van der Waals surface area contributed by atoms with Crippen LogP contribution in [-0.2, 0) is 11.3 Å². The Bertz CT molecular complexity index is 1020. The Morgan fingerprint density at radius 2 is 2.12 bits per heavy atom. The molecule has 0 aromatic carbocycles. The zero-order valence-corrected chi connectivity index (χ0v) is 14.6. The number of nitrogens with one attached hydrogen (secondary N) is 1. The average Bonchev–Trinajstić information content (AvgIpc) is 3.00. The number of hydrogen-bond acceptors (Lipinski definition) is 5. The Morgan fingerprint density at radius 1 is 1.31 bits per heavy atom. The number of thiophene rings is 1. The van der Waals surface area contributed by atoms with Gasteiger partial charge in [0.1, 0.15) is 6.54 Å². The van der Waals surface area contributed by atoms with Crippen LogP contribution < -0.4 is 10.9 Å². The molecule has 7 nitrogen and oxygen atoms in total. The van der Waals surface area contributed by atoms with E-state index in [1.165, 1.54) is 29.7 Å². The summed E-state index contributed by atoms with van der Waals surface area (Å²) in [4.78, 5) is 40.5. The molecule has 0 aliphatic carbocycles. The number of aliphatic carboxylic acids is 1. The van der Waals surface area contributed by atoms with Gasteiger partial charge in [-0.1, -0.05) is 6.07 Å². The van der Waals surface area contributed by atoms with Crippen LogP contribution in [0.3, 0.4) is 0 Å². The van der Waals surface area contributed by atoms with Crippen molar-refractivity contribution < 1.29 is 14.7 Å². The second-order valence-electron chi connectivity index (χ2n) is 5.60. The lowest BCUT2D eigenvalue weighted by Gasteiger charge is -2.07. The molecule has 3 heterocycles. The Kier molecular flexibility index (Phi) is 4.94. The van der Waals surface area contributed by atoms with E-state index in [-0.39, 0.29) is 5.91 Å². The van der Waals surface area contributed by atoms with Gasteiger partial charge < -0.3 is 15.0 Å². The molecule has 3 rings (SSSR count). The van der Waals surface area contributed by atoms with Crippen LogP contribution in [0.2, 0.25) is 0 Å². The molecule has 0 bridgehead atoms. The van der Waals surface area contributed by atoms with Gasteiger partial charge in [0.2, 0.25) is 0 Å². The maximum atomic E-state index is 12.5. The smallest absolute Gasteiger partial charge is 0.323 e. The van der Waals surface area contributed by atoms with E-state index < -0.39 is 18.1 Å². The van der Waals surface area contributed by atoms with Gasteiger partial charge in [-0.25, -0.2) is 0 Å². The standard InChI is InChI=1S/C18H15N3O4S/c1-11-7-14(26-17(11)12-3-2-6-19-8-12)18(25)20-13-4-5-15(22)21(9-13)10-16(23)24/h2-9H,10H2,1H3,(H,20,25)(H,23,24). The number of nitrogens with zero attached hydrogens (tertiary/aromatic N) is 2. The second-order valence-corrected chi connectivity index (χ2v) is 6.65. The highest BCUT2D eigenvalue weighted by molar-refractivity contribution is 7.17. The van der Waals surface area contributed by atoms with Gasteiger partial charge in [0.05, 0.1) is 10.6 Å². The van der Waals surface area contributed by atoms with Crippen LogP contribution in [0.15, 0.2) is 53.7 Å². The molecule has 0 spiro atoms. The van der Waals surface area contributed by atoms with Crippen molar-refractivity contribution in [3.8, 4) is 10.4 Å². The number of aromatic nitrogens is 2. The number of amides is 1. The number of anilines is 1. The van der Waals surface area contributed by atoms with E-state index in [0.29, 0.717) is 10.6 Å². The molecule has 0 aliphatic rings. The van der Waals surface area contributed by atoms with E-state index in [2.05, 4.69) is 10.3 Å². The summed E-state index contributed by atoms with van der Waals surface area (Å²) in [5.41, 5.74) is 1.80. The predicted molar refractivity (Wildman–Crippen MR) is 98.6 cm³/mol. The van der Waals surface area contributed by atoms with Crippen molar-refractivity contribution in [2.75, 3.05) is 5.32 Å². The van der Waals surface area contributed by atoms with Gasteiger partial charge in [-0.2, -0.15) is 0 Å². The number of hydrogen-bond donors (Lipinski definition) is 2. The van der Waals surface area contributed by atoms with E-state index in [4.69, 9.17) is 5.11 Å². The summed E-state index contributed by atoms with van der Waals surface area (Å²) in [6.45, 7) is 1.45. The summed E-state index contributed by atoms with van der Waals surface area (Å²) in [7, 11) is 0. The molecule has 0 radical (unpaired) electrons. The zero-order valence-electron chi connectivity index (χ0n) is 13.8. The third-order valence-electron chi connectivity index (χ3n) is 3.61. The normalized spacial score (nSPS) is 10.5. The molecule has 132 valence electrons. The molecule has 8 heteroatoms. The lowest BCUT2D eigenvalue weighted by Crippen LogP contribution is -2.23. The molecular weight excluding hydrogens is 354 g/mol. The van der Waals surface area contributed by atoms with Gasteiger partial charge in [-0.05, 0) is 30.7 Å². The molecule has 0 saturated heterocycles. The van der Waals surface area contributed by atoms with Crippen molar-refractivity contribution in [3.63, 3.8) is 0 Å². The van der Waals surface area contributed by atoms with Crippen molar-refractivity contribution in [2.45, 2.75) is 13.5 Å². The number of pyridine rings is 2. The first-order valence-corrected chi connectivity index (χ1v) is 8.50. The van der Waals surface area contributed by atoms with Gasteiger partial charge in [0.25, 0.3) is 11.5 Å². The van der Waals surface area contributed by atoms with Crippen LogP contribution >= 0.6 is 11.3 Å². The van der Waals surface area contributed by atoms with Crippen molar-refractivity contribution in [1.82, 2.24) is 9.55 Å². The van der Waals surface area contributed by atoms with Crippen LogP contribution in [0.1, 0.15) is 15.2 Å². The molecule has 0 unspecified atom stereocenters. The quantitative estimate of drug-likeness (QED) is 0.720. The average molecular weight is 369 g/mol. The van der Waals surface area contributed by atoms with Crippen LogP contribution in [-0.4, -0.2) is 26.5 Å². The Hall–Kier alpha value is -3.26. The highest BCUT2D eigenvalue weighted by atomic mass is 32.1. The first-order chi connectivity index (χ1) is 12.4. The van der Waals surface area contributed by atoms with Gasteiger partial charge in [0.15, 0.2) is 0 Å². The molecular formula is C18H15N3O4S. The monoisotopic (exact) mass is 369 g/mol. The number of carbonyl (C=O) groups is 2. The van der Waals surface area contributed by atoms with Gasteiger partial charge in [-0.3, -0.25) is 19.4 Å². The summed E-state index contributed by atoms with van der Waals surface area (Å²) in [6.07, 6.45) is 4.74. The molecule has 0 saturated carbocycles. The topological polar surface area (TPSA) is 101 Å². The number of carboxylic acids is 1. The highest BCUT2D eigenvalue weighted by Gasteiger charge is 2.14.